The van der Waals surface area contributed by atoms with Gasteiger partial charge in [-0.2, -0.15) is 0 Å². The Morgan fingerprint density at radius 1 is 1.15 bits per heavy atom. The molecule has 3 rings (SSSR count). The van der Waals surface area contributed by atoms with E-state index < -0.39 is 0 Å². The van der Waals surface area contributed by atoms with Gasteiger partial charge in [0.2, 0.25) is 5.91 Å². The molecule has 0 saturated carbocycles. The third-order valence-corrected chi connectivity index (χ3v) is 4.39. The summed E-state index contributed by atoms with van der Waals surface area (Å²) in [6.45, 7) is 1.34. The second-order valence-electron chi connectivity index (χ2n) is 6.39. The fourth-order valence-electron chi connectivity index (χ4n) is 3.01. The molecular formula is C21H25NO5. The molecule has 144 valence electrons. The fourth-order valence-corrected chi connectivity index (χ4v) is 3.01. The maximum absolute atomic E-state index is 12.4. The number of ether oxygens (including phenoxy) is 4. The van der Waals surface area contributed by atoms with Crippen molar-refractivity contribution in [1.29, 1.82) is 0 Å². The smallest absolute Gasteiger partial charge is 0.228 e. The minimum absolute atomic E-state index is 0.113. The quantitative estimate of drug-likeness (QED) is 0.770. The highest BCUT2D eigenvalue weighted by Gasteiger charge is 2.16. The number of benzene rings is 2. The number of hydrogen-bond acceptors (Lipinski definition) is 5. The molecule has 1 aliphatic heterocycles. The molecule has 0 spiro atoms. The molecule has 0 aliphatic carbocycles. The molecule has 0 bridgehead atoms. The fraction of sp³-hybridized carbons (Fsp3) is 0.381. The Morgan fingerprint density at radius 3 is 2.74 bits per heavy atom. The highest BCUT2D eigenvalue weighted by molar-refractivity contribution is 5.92. The van der Waals surface area contributed by atoms with E-state index in [1.54, 1.807) is 26.4 Å². The molecule has 0 radical (unpaired) electrons. The zero-order valence-electron chi connectivity index (χ0n) is 15.7. The summed E-state index contributed by atoms with van der Waals surface area (Å²) in [6.07, 6.45) is 2.51. The Kier molecular flexibility index (Phi) is 6.54. The second kappa shape index (κ2) is 9.28. The first-order chi connectivity index (χ1) is 13.2. The summed E-state index contributed by atoms with van der Waals surface area (Å²) in [5.41, 5.74) is 1.54. The van der Waals surface area contributed by atoms with Crippen molar-refractivity contribution in [3.05, 3.63) is 48.0 Å². The first kappa shape index (κ1) is 19.0. The zero-order chi connectivity index (χ0) is 19.1. The SMILES string of the molecule is COc1ccc(CC(=O)Nc2cccc(OCC3CCCO3)c2)cc1OC. The molecule has 27 heavy (non-hydrogen) atoms. The van der Waals surface area contributed by atoms with Gasteiger partial charge in [-0.15, -0.1) is 0 Å². The highest BCUT2D eigenvalue weighted by atomic mass is 16.5. The summed E-state index contributed by atoms with van der Waals surface area (Å²) >= 11 is 0. The van der Waals surface area contributed by atoms with Crippen LogP contribution in [0.5, 0.6) is 17.2 Å². The zero-order valence-corrected chi connectivity index (χ0v) is 15.7. The lowest BCUT2D eigenvalue weighted by Crippen LogP contribution is -2.17. The van der Waals surface area contributed by atoms with Gasteiger partial charge in [0.15, 0.2) is 11.5 Å². The summed E-state index contributed by atoms with van der Waals surface area (Å²) in [5.74, 6) is 1.85. The van der Waals surface area contributed by atoms with Gasteiger partial charge in [0, 0.05) is 18.4 Å². The van der Waals surface area contributed by atoms with Gasteiger partial charge in [0.05, 0.1) is 26.7 Å². The van der Waals surface area contributed by atoms with Crippen molar-refractivity contribution in [1.82, 2.24) is 0 Å². The van der Waals surface area contributed by atoms with Crippen LogP contribution in [0, 0.1) is 0 Å². The number of carbonyl (C=O) groups excluding carboxylic acids is 1. The van der Waals surface area contributed by atoms with Crippen molar-refractivity contribution in [2.45, 2.75) is 25.4 Å². The molecular weight excluding hydrogens is 346 g/mol. The summed E-state index contributed by atoms with van der Waals surface area (Å²) in [7, 11) is 3.15. The first-order valence-corrected chi connectivity index (χ1v) is 9.03. The molecule has 1 saturated heterocycles. The number of methoxy groups -OCH3 is 2. The standard InChI is InChI=1S/C21H25NO5/c1-24-19-9-8-15(11-20(19)25-2)12-21(23)22-16-5-3-6-17(13-16)27-14-18-7-4-10-26-18/h3,5-6,8-9,11,13,18H,4,7,10,12,14H2,1-2H3,(H,22,23). The van der Waals surface area contributed by atoms with E-state index in [2.05, 4.69) is 5.32 Å². The molecule has 1 amide bonds. The predicted octanol–water partition coefficient (Wildman–Crippen LogP) is 3.44. The molecule has 0 aromatic heterocycles. The topological polar surface area (TPSA) is 66.0 Å². The molecule has 1 N–H and O–H groups in total. The number of rotatable bonds is 8. The third-order valence-electron chi connectivity index (χ3n) is 4.39. The Labute approximate surface area is 159 Å². The van der Waals surface area contributed by atoms with Crippen molar-refractivity contribution in [3.63, 3.8) is 0 Å². The lowest BCUT2D eigenvalue weighted by atomic mass is 10.1. The van der Waals surface area contributed by atoms with Crippen LogP contribution >= 0.6 is 0 Å². The number of carbonyl (C=O) groups is 1. The van der Waals surface area contributed by atoms with Crippen molar-refractivity contribution in [2.24, 2.45) is 0 Å². The van der Waals surface area contributed by atoms with Gasteiger partial charge in [-0.1, -0.05) is 12.1 Å². The van der Waals surface area contributed by atoms with Crippen LogP contribution < -0.4 is 19.5 Å². The third kappa shape index (κ3) is 5.37. The minimum atomic E-state index is -0.113. The summed E-state index contributed by atoms with van der Waals surface area (Å²) in [6, 6.07) is 12.8. The molecule has 2 aromatic rings. The minimum Gasteiger partial charge on any atom is -0.493 e. The van der Waals surface area contributed by atoms with Gasteiger partial charge in [0.25, 0.3) is 0 Å². The van der Waals surface area contributed by atoms with Gasteiger partial charge < -0.3 is 24.3 Å². The van der Waals surface area contributed by atoms with Crippen LogP contribution in [0.1, 0.15) is 18.4 Å². The van der Waals surface area contributed by atoms with Crippen LogP contribution in [0.3, 0.4) is 0 Å². The van der Waals surface area contributed by atoms with E-state index in [9.17, 15) is 4.79 Å². The van der Waals surface area contributed by atoms with Crippen LogP contribution in [-0.2, 0) is 16.0 Å². The summed E-state index contributed by atoms with van der Waals surface area (Å²) in [5, 5.41) is 2.90. The van der Waals surface area contributed by atoms with E-state index in [0.717, 1.165) is 30.8 Å². The van der Waals surface area contributed by atoms with Crippen LogP contribution in [-0.4, -0.2) is 39.4 Å². The van der Waals surface area contributed by atoms with Gasteiger partial charge in [0.1, 0.15) is 12.4 Å². The largest absolute Gasteiger partial charge is 0.493 e. The average Bonchev–Trinajstić information content (AvgIpc) is 3.20. The predicted molar refractivity (Wildman–Crippen MR) is 103 cm³/mol. The lowest BCUT2D eigenvalue weighted by molar-refractivity contribution is -0.115. The molecule has 1 unspecified atom stereocenters. The van der Waals surface area contributed by atoms with E-state index in [1.165, 1.54) is 0 Å². The summed E-state index contributed by atoms with van der Waals surface area (Å²) in [4.78, 5) is 12.4. The molecule has 6 nitrogen and oxygen atoms in total. The Morgan fingerprint density at radius 2 is 2.00 bits per heavy atom. The van der Waals surface area contributed by atoms with E-state index in [4.69, 9.17) is 18.9 Å². The van der Waals surface area contributed by atoms with E-state index >= 15 is 0 Å². The van der Waals surface area contributed by atoms with Crippen LogP contribution in [0.2, 0.25) is 0 Å². The van der Waals surface area contributed by atoms with Crippen molar-refractivity contribution < 1.29 is 23.7 Å². The maximum atomic E-state index is 12.4. The van der Waals surface area contributed by atoms with Crippen molar-refractivity contribution in [2.75, 3.05) is 32.8 Å². The van der Waals surface area contributed by atoms with Crippen LogP contribution in [0.4, 0.5) is 5.69 Å². The number of anilines is 1. The molecule has 2 aromatic carbocycles. The van der Waals surface area contributed by atoms with E-state index in [0.29, 0.717) is 23.8 Å². The van der Waals surface area contributed by atoms with Crippen LogP contribution in [0.15, 0.2) is 42.5 Å². The lowest BCUT2D eigenvalue weighted by Gasteiger charge is -2.13. The van der Waals surface area contributed by atoms with Crippen molar-refractivity contribution >= 4 is 11.6 Å². The van der Waals surface area contributed by atoms with Crippen molar-refractivity contribution in [3.8, 4) is 17.2 Å². The average molecular weight is 371 g/mol. The first-order valence-electron chi connectivity index (χ1n) is 9.03. The molecule has 1 fully saturated rings. The maximum Gasteiger partial charge on any atom is 0.228 e. The normalized spacial score (nSPS) is 16.0. The van der Waals surface area contributed by atoms with Crippen LogP contribution in [0.25, 0.3) is 0 Å². The number of hydrogen-bond donors (Lipinski definition) is 1. The number of nitrogens with one attached hydrogen (secondary N) is 1. The molecule has 6 heteroatoms. The van der Waals surface area contributed by atoms with Gasteiger partial charge in [-0.25, -0.2) is 0 Å². The Hall–Kier alpha value is -2.73. The van der Waals surface area contributed by atoms with E-state index in [1.807, 2.05) is 30.3 Å². The van der Waals surface area contributed by atoms with Gasteiger partial charge in [-0.05, 0) is 42.7 Å². The highest BCUT2D eigenvalue weighted by Crippen LogP contribution is 2.28. The number of amides is 1. The van der Waals surface area contributed by atoms with Gasteiger partial charge >= 0.3 is 0 Å². The Bertz CT molecular complexity index is 771. The molecule has 1 aliphatic rings. The molecule has 1 heterocycles. The van der Waals surface area contributed by atoms with Gasteiger partial charge in [-0.3, -0.25) is 4.79 Å². The second-order valence-corrected chi connectivity index (χ2v) is 6.39. The Balaban J connectivity index is 1.56. The molecule has 1 atom stereocenters. The van der Waals surface area contributed by atoms with E-state index in [-0.39, 0.29) is 18.4 Å². The monoisotopic (exact) mass is 371 g/mol. The summed E-state index contributed by atoms with van der Waals surface area (Å²) < 4.78 is 21.8.